The molecular weight excluding hydrogens is 258 g/mol. The maximum Gasteiger partial charge on any atom is 0.323 e. The van der Waals surface area contributed by atoms with E-state index in [2.05, 4.69) is 4.74 Å². The van der Waals surface area contributed by atoms with Crippen molar-refractivity contribution in [2.45, 2.75) is 44.3 Å². The normalized spacial score (nSPS) is 19.6. The third kappa shape index (κ3) is 5.81. The molecule has 0 unspecified atom stereocenters. The average Bonchev–Trinajstić information content (AvgIpc) is 2.40. The molecule has 0 aromatic heterocycles. The van der Waals surface area contributed by atoms with Crippen molar-refractivity contribution in [2.75, 3.05) is 13.2 Å². The van der Waals surface area contributed by atoms with E-state index in [4.69, 9.17) is 15.9 Å². The van der Waals surface area contributed by atoms with Crippen LogP contribution in [0.15, 0.2) is 0 Å². The van der Waals surface area contributed by atoms with Crippen molar-refractivity contribution in [3.8, 4) is 0 Å². The maximum atomic E-state index is 11.4. The summed E-state index contributed by atoms with van der Waals surface area (Å²) in [6.45, 7) is 2.09. The van der Waals surface area contributed by atoms with Gasteiger partial charge in [-0.1, -0.05) is 13.8 Å². The maximum absolute atomic E-state index is 11.4. The Kier molecular flexibility index (Phi) is 8.07. The second kappa shape index (κ2) is 8.41. The fourth-order valence-corrected chi connectivity index (χ4v) is 1.20. The van der Waals surface area contributed by atoms with E-state index in [1.54, 1.807) is 13.8 Å². The monoisotopic (exact) mass is 281 g/mol. The summed E-state index contributed by atoms with van der Waals surface area (Å²) in [5.74, 6) is -0.880. The number of carbonyl (C=O) groups excluding carboxylic acids is 1. The zero-order chi connectivity index (χ0) is 15.2. The first kappa shape index (κ1) is 18.2. The van der Waals surface area contributed by atoms with Crippen LogP contribution in [0.25, 0.3) is 0 Å². The molecule has 0 spiro atoms. The Morgan fingerprint density at radius 2 is 1.58 bits per heavy atom. The number of nitrogens with two attached hydrogens (primary N) is 1. The minimum Gasteiger partial charge on any atom is -0.462 e. The Morgan fingerprint density at radius 1 is 1.11 bits per heavy atom. The van der Waals surface area contributed by atoms with Crippen LogP contribution >= 0.6 is 0 Å². The van der Waals surface area contributed by atoms with Crippen molar-refractivity contribution in [1.82, 2.24) is 0 Å². The van der Waals surface area contributed by atoms with Gasteiger partial charge in [0.15, 0.2) is 0 Å². The van der Waals surface area contributed by atoms with Crippen LogP contribution in [0.4, 0.5) is 0 Å². The van der Waals surface area contributed by atoms with E-state index in [1.165, 1.54) is 0 Å². The molecule has 5 atom stereocenters. The molecule has 19 heavy (non-hydrogen) atoms. The molecule has 0 rings (SSSR count). The second-order valence-corrected chi connectivity index (χ2v) is 4.70. The van der Waals surface area contributed by atoms with Crippen LogP contribution in [0.1, 0.15) is 13.8 Å². The van der Waals surface area contributed by atoms with E-state index in [1.807, 2.05) is 0 Å². The molecule has 7 N–H and O–H groups in total. The number of aliphatic hydroxyl groups is 5. The number of aliphatic hydroxyl groups excluding tert-OH is 5. The highest BCUT2D eigenvalue weighted by molar-refractivity contribution is 5.75. The van der Waals surface area contributed by atoms with Crippen LogP contribution in [0, 0.1) is 5.92 Å². The molecular formula is C11H23NO7. The zero-order valence-electron chi connectivity index (χ0n) is 11.0. The van der Waals surface area contributed by atoms with Gasteiger partial charge in [-0.25, -0.2) is 0 Å². The van der Waals surface area contributed by atoms with Crippen molar-refractivity contribution >= 4 is 5.97 Å². The molecule has 0 aliphatic heterocycles. The van der Waals surface area contributed by atoms with Crippen LogP contribution < -0.4 is 5.73 Å². The Bertz CT molecular complexity index is 274. The SMILES string of the molecule is CC(C)[C@H](N)C(=O)OC[C@@H](O)[C@@H](O)[C@H](O)[C@H](O)CO. The Balaban J connectivity index is 4.24. The molecule has 0 saturated carbocycles. The van der Waals surface area contributed by atoms with E-state index in [9.17, 15) is 20.1 Å². The van der Waals surface area contributed by atoms with E-state index in [0.29, 0.717) is 0 Å². The first-order valence-electron chi connectivity index (χ1n) is 5.97. The van der Waals surface area contributed by atoms with Crippen LogP contribution in [-0.4, -0.2) is 75.2 Å². The van der Waals surface area contributed by atoms with Gasteiger partial charge in [0.05, 0.1) is 6.61 Å². The third-order valence-electron chi connectivity index (χ3n) is 2.71. The molecule has 0 radical (unpaired) electrons. The van der Waals surface area contributed by atoms with Crippen molar-refractivity contribution in [3.63, 3.8) is 0 Å². The van der Waals surface area contributed by atoms with Crippen molar-refractivity contribution < 1.29 is 35.1 Å². The van der Waals surface area contributed by atoms with Gasteiger partial charge in [0.1, 0.15) is 37.1 Å². The molecule has 0 aromatic carbocycles. The molecule has 0 heterocycles. The summed E-state index contributed by atoms with van der Waals surface area (Å²) in [5, 5.41) is 45.9. The van der Waals surface area contributed by atoms with Crippen LogP contribution in [0.5, 0.6) is 0 Å². The van der Waals surface area contributed by atoms with E-state index in [-0.39, 0.29) is 5.92 Å². The van der Waals surface area contributed by atoms with Crippen LogP contribution in [-0.2, 0) is 9.53 Å². The largest absolute Gasteiger partial charge is 0.462 e. The summed E-state index contributed by atoms with van der Waals surface area (Å²) in [6, 6.07) is -0.850. The highest BCUT2D eigenvalue weighted by atomic mass is 16.5. The van der Waals surface area contributed by atoms with Crippen molar-refractivity contribution in [1.29, 1.82) is 0 Å². The Hall–Kier alpha value is -0.770. The van der Waals surface area contributed by atoms with E-state index in [0.717, 1.165) is 0 Å². The Morgan fingerprint density at radius 3 is 2.00 bits per heavy atom. The number of hydrogen-bond donors (Lipinski definition) is 6. The molecule has 0 aromatic rings. The molecule has 114 valence electrons. The van der Waals surface area contributed by atoms with E-state index >= 15 is 0 Å². The predicted octanol–water partition coefficient (Wildman–Crippen LogP) is -3.05. The van der Waals surface area contributed by atoms with Gasteiger partial charge in [0.2, 0.25) is 0 Å². The molecule has 0 saturated heterocycles. The predicted molar refractivity (Wildman–Crippen MR) is 64.9 cm³/mol. The summed E-state index contributed by atoms with van der Waals surface area (Å²) >= 11 is 0. The number of ether oxygens (including phenoxy) is 1. The lowest BCUT2D eigenvalue weighted by Gasteiger charge is -2.25. The summed E-state index contributed by atoms with van der Waals surface area (Å²) in [7, 11) is 0. The summed E-state index contributed by atoms with van der Waals surface area (Å²) in [6.07, 6.45) is -6.71. The summed E-state index contributed by atoms with van der Waals surface area (Å²) < 4.78 is 4.68. The van der Waals surface area contributed by atoms with Gasteiger partial charge in [0, 0.05) is 0 Å². The first-order valence-corrected chi connectivity index (χ1v) is 5.97. The fourth-order valence-electron chi connectivity index (χ4n) is 1.20. The number of esters is 1. The highest BCUT2D eigenvalue weighted by Gasteiger charge is 2.31. The molecule has 0 aliphatic carbocycles. The summed E-state index contributed by atoms with van der Waals surface area (Å²) in [5.41, 5.74) is 5.51. The van der Waals surface area contributed by atoms with Gasteiger partial charge in [-0.2, -0.15) is 0 Å². The lowest BCUT2D eigenvalue weighted by Crippen LogP contribution is -2.48. The van der Waals surface area contributed by atoms with Crippen LogP contribution in [0.3, 0.4) is 0 Å². The zero-order valence-corrected chi connectivity index (χ0v) is 11.0. The lowest BCUT2D eigenvalue weighted by atomic mass is 10.0. The van der Waals surface area contributed by atoms with Gasteiger partial charge in [-0.3, -0.25) is 4.79 Å². The summed E-state index contributed by atoms with van der Waals surface area (Å²) in [4.78, 5) is 11.4. The lowest BCUT2D eigenvalue weighted by molar-refractivity contribution is -0.158. The van der Waals surface area contributed by atoms with Gasteiger partial charge in [0.25, 0.3) is 0 Å². The third-order valence-corrected chi connectivity index (χ3v) is 2.71. The number of rotatable bonds is 8. The minimum atomic E-state index is -1.76. The van der Waals surface area contributed by atoms with Crippen molar-refractivity contribution in [2.24, 2.45) is 11.7 Å². The van der Waals surface area contributed by atoms with Crippen molar-refractivity contribution in [3.05, 3.63) is 0 Å². The smallest absolute Gasteiger partial charge is 0.323 e. The molecule has 0 fully saturated rings. The van der Waals surface area contributed by atoms with Gasteiger partial charge in [-0.05, 0) is 5.92 Å². The molecule has 0 amide bonds. The molecule has 8 nitrogen and oxygen atoms in total. The van der Waals surface area contributed by atoms with Gasteiger partial charge >= 0.3 is 5.97 Å². The molecule has 0 aliphatic rings. The first-order chi connectivity index (χ1) is 8.72. The topological polar surface area (TPSA) is 153 Å². The second-order valence-electron chi connectivity index (χ2n) is 4.70. The number of hydrogen-bond acceptors (Lipinski definition) is 8. The van der Waals surface area contributed by atoms with E-state index < -0.39 is 49.6 Å². The van der Waals surface area contributed by atoms with Gasteiger partial charge < -0.3 is 36.0 Å². The molecule has 0 bridgehead atoms. The number of carbonyl (C=O) groups is 1. The average molecular weight is 281 g/mol. The highest BCUT2D eigenvalue weighted by Crippen LogP contribution is 2.07. The quantitative estimate of drug-likeness (QED) is 0.256. The van der Waals surface area contributed by atoms with Crippen LogP contribution in [0.2, 0.25) is 0 Å². The Labute approximate surface area is 111 Å². The van der Waals surface area contributed by atoms with Gasteiger partial charge in [-0.15, -0.1) is 0 Å². The fraction of sp³-hybridized carbons (Fsp3) is 0.909. The minimum absolute atomic E-state index is 0.142. The molecule has 8 heteroatoms. The standard InChI is InChI=1S/C11H23NO7/c1-5(2)8(12)11(18)19-4-7(15)10(17)9(16)6(14)3-13/h5-10,13-17H,3-4,12H2,1-2H3/t6-,7-,8+,9-,10-/m1/s1.